The standard InChI is InChI=1S/C15H19F3N2O2/c1-19-13-7-12(15(16,17)18)8-20(9-13)14(21)22-10-11-5-3-2-4-6-11/h2-6,12-13,19H,7-10H2,1H3/t12-,13+/m1/s1. The Morgan fingerprint density at radius 2 is 2.00 bits per heavy atom. The summed E-state index contributed by atoms with van der Waals surface area (Å²) >= 11 is 0. The van der Waals surface area contributed by atoms with Gasteiger partial charge in [0.25, 0.3) is 0 Å². The van der Waals surface area contributed by atoms with Gasteiger partial charge in [-0.2, -0.15) is 13.2 Å². The minimum Gasteiger partial charge on any atom is -0.445 e. The number of ether oxygens (including phenoxy) is 1. The molecule has 4 nitrogen and oxygen atoms in total. The van der Waals surface area contributed by atoms with Crippen molar-refractivity contribution in [2.24, 2.45) is 5.92 Å². The molecule has 7 heteroatoms. The molecular formula is C15H19F3N2O2. The zero-order chi connectivity index (χ0) is 16.2. The number of alkyl halides is 3. The molecule has 22 heavy (non-hydrogen) atoms. The topological polar surface area (TPSA) is 41.6 Å². The fourth-order valence-electron chi connectivity index (χ4n) is 2.51. The Balaban J connectivity index is 1.95. The van der Waals surface area contributed by atoms with Crippen molar-refractivity contribution in [1.82, 2.24) is 10.2 Å². The number of nitrogens with one attached hydrogen (secondary N) is 1. The summed E-state index contributed by atoms with van der Waals surface area (Å²) in [6.45, 7) is -0.0803. The zero-order valence-electron chi connectivity index (χ0n) is 12.3. The SMILES string of the molecule is CN[C@H]1C[C@@H](C(F)(F)F)CN(C(=O)OCc2ccccc2)C1. The molecular weight excluding hydrogens is 297 g/mol. The summed E-state index contributed by atoms with van der Waals surface area (Å²) in [7, 11) is 1.59. The van der Waals surface area contributed by atoms with E-state index in [0.29, 0.717) is 0 Å². The quantitative estimate of drug-likeness (QED) is 0.932. The Kier molecular flexibility index (Phi) is 5.28. The lowest BCUT2D eigenvalue weighted by atomic mass is 9.94. The van der Waals surface area contributed by atoms with Crippen molar-refractivity contribution in [3.05, 3.63) is 35.9 Å². The van der Waals surface area contributed by atoms with Crippen LogP contribution in [0.5, 0.6) is 0 Å². The van der Waals surface area contributed by atoms with Crippen LogP contribution in [0, 0.1) is 5.92 Å². The molecule has 1 heterocycles. The average molecular weight is 316 g/mol. The molecule has 1 amide bonds. The van der Waals surface area contributed by atoms with E-state index in [9.17, 15) is 18.0 Å². The van der Waals surface area contributed by atoms with E-state index in [4.69, 9.17) is 4.74 Å². The lowest BCUT2D eigenvalue weighted by Gasteiger charge is -2.37. The number of amides is 1. The van der Waals surface area contributed by atoms with Crippen LogP contribution in [0.4, 0.5) is 18.0 Å². The number of hydrogen-bond acceptors (Lipinski definition) is 3. The first kappa shape index (κ1) is 16.6. The second kappa shape index (κ2) is 7.00. The highest BCUT2D eigenvalue weighted by atomic mass is 19.4. The van der Waals surface area contributed by atoms with Gasteiger partial charge in [-0.15, -0.1) is 0 Å². The molecule has 1 saturated heterocycles. The third-order valence-electron chi connectivity index (χ3n) is 3.79. The van der Waals surface area contributed by atoms with Gasteiger partial charge in [-0.1, -0.05) is 30.3 Å². The molecule has 1 aromatic rings. The normalized spacial score (nSPS) is 22.5. The Morgan fingerprint density at radius 1 is 1.32 bits per heavy atom. The molecule has 1 aromatic carbocycles. The molecule has 0 saturated carbocycles. The highest BCUT2D eigenvalue weighted by molar-refractivity contribution is 5.67. The fourth-order valence-corrected chi connectivity index (χ4v) is 2.51. The van der Waals surface area contributed by atoms with Crippen LogP contribution < -0.4 is 5.32 Å². The zero-order valence-corrected chi connectivity index (χ0v) is 12.3. The van der Waals surface area contributed by atoms with Gasteiger partial charge in [0.1, 0.15) is 6.61 Å². The summed E-state index contributed by atoms with van der Waals surface area (Å²) < 4.78 is 43.9. The number of nitrogens with zero attached hydrogens (tertiary/aromatic N) is 1. The maximum absolute atomic E-state index is 12.9. The van der Waals surface area contributed by atoms with Crippen molar-refractivity contribution in [2.45, 2.75) is 25.2 Å². The van der Waals surface area contributed by atoms with Crippen molar-refractivity contribution in [3.63, 3.8) is 0 Å². The van der Waals surface area contributed by atoms with E-state index in [2.05, 4.69) is 5.32 Å². The van der Waals surface area contributed by atoms with Crippen LogP contribution in [0.2, 0.25) is 0 Å². The van der Waals surface area contributed by atoms with Crippen molar-refractivity contribution in [1.29, 1.82) is 0 Å². The van der Waals surface area contributed by atoms with Gasteiger partial charge in [0.2, 0.25) is 0 Å². The predicted molar refractivity (Wildman–Crippen MR) is 75.2 cm³/mol. The molecule has 0 aromatic heterocycles. The summed E-state index contributed by atoms with van der Waals surface area (Å²) in [5, 5.41) is 2.82. The summed E-state index contributed by atoms with van der Waals surface area (Å²) in [6.07, 6.45) is -5.05. The summed E-state index contributed by atoms with van der Waals surface area (Å²) in [6, 6.07) is 8.64. The molecule has 2 rings (SSSR count). The van der Waals surface area contributed by atoms with Crippen LogP contribution >= 0.6 is 0 Å². The molecule has 0 unspecified atom stereocenters. The summed E-state index contributed by atoms with van der Waals surface area (Å²) in [5.41, 5.74) is 0.797. The number of hydrogen-bond donors (Lipinski definition) is 1. The summed E-state index contributed by atoms with van der Waals surface area (Å²) in [5.74, 6) is -1.53. The Morgan fingerprint density at radius 3 is 2.59 bits per heavy atom. The lowest BCUT2D eigenvalue weighted by Crippen LogP contribution is -2.53. The average Bonchev–Trinajstić information content (AvgIpc) is 2.52. The molecule has 1 N–H and O–H groups in total. The first-order valence-electron chi connectivity index (χ1n) is 7.09. The van der Waals surface area contributed by atoms with Crippen LogP contribution in [0.25, 0.3) is 0 Å². The first-order chi connectivity index (χ1) is 10.4. The van der Waals surface area contributed by atoms with E-state index < -0.39 is 18.2 Å². The number of carbonyl (C=O) groups is 1. The number of benzene rings is 1. The minimum atomic E-state index is -4.31. The number of carbonyl (C=O) groups excluding carboxylic acids is 1. The van der Waals surface area contributed by atoms with Gasteiger partial charge in [0, 0.05) is 19.1 Å². The fraction of sp³-hybridized carbons (Fsp3) is 0.533. The molecule has 1 aliphatic rings. The van der Waals surface area contributed by atoms with E-state index in [0.717, 1.165) is 10.5 Å². The monoisotopic (exact) mass is 316 g/mol. The van der Waals surface area contributed by atoms with E-state index in [-0.39, 0.29) is 32.2 Å². The van der Waals surface area contributed by atoms with Gasteiger partial charge in [-0.25, -0.2) is 4.79 Å². The lowest BCUT2D eigenvalue weighted by molar-refractivity contribution is -0.187. The second-order valence-electron chi connectivity index (χ2n) is 5.41. The van der Waals surface area contributed by atoms with E-state index in [1.54, 1.807) is 31.3 Å². The van der Waals surface area contributed by atoms with Gasteiger partial charge in [0.05, 0.1) is 5.92 Å². The maximum Gasteiger partial charge on any atom is 0.410 e. The first-order valence-corrected chi connectivity index (χ1v) is 7.09. The number of halogens is 3. The molecule has 0 bridgehead atoms. The molecule has 0 radical (unpaired) electrons. The molecule has 0 aliphatic carbocycles. The van der Waals surface area contributed by atoms with Crippen LogP contribution in [0.15, 0.2) is 30.3 Å². The van der Waals surface area contributed by atoms with Crippen LogP contribution in [-0.2, 0) is 11.3 Å². The van der Waals surface area contributed by atoms with Gasteiger partial charge in [0.15, 0.2) is 0 Å². The molecule has 0 spiro atoms. The Labute approximate surface area is 127 Å². The van der Waals surface area contributed by atoms with Crippen LogP contribution in [0.3, 0.4) is 0 Å². The third kappa shape index (κ3) is 4.37. The van der Waals surface area contributed by atoms with Gasteiger partial charge in [-0.3, -0.25) is 0 Å². The minimum absolute atomic E-state index is 0.0253. The molecule has 122 valence electrons. The van der Waals surface area contributed by atoms with E-state index in [1.807, 2.05) is 6.07 Å². The largest absolute Gasteiger partial charge is 0.445 e. The van der Waals surface area contributed by atoms with Crippen LogP contribution in [-0.4, -0.2) is 43.3 Å². The number of likely N-dealkylation sites (N-methyl/N-ethyl adjacent to an activating group) is 1. The van der Waals surface area contributed by atoms with E-state index in [1.165, 1.54) is 0 Å². The molecule has 1 aliphatic heterocycles. The van der Waals surface area contributed by atoms with E-state index >= 15 is 0 Å². The van der Waals surface area contributed by atoms with Crippen molar-refractivity contribution < 1.29 is 22.7 Å². The number of rotatable bonds is 3. The maximum atomic E-state index is 12.9. The van der Waals surface area contributed by atoms with Crippen molar-refractivity contribution in [3.8, 4) is 0 Å². The Bertz CT molecular complexity index is 493. The van der Waals surface area contributed by atoms with Crippen LogP contribution in [0.1, 0.15) is 12.0 Å². The van der Waals surface area contributed by atoms with Gasteiger partial charge in [-0.05, 0) is 19.0 Å². The highest BCUT2D eigenvalue weighted by Crippen LogP contribution is 2.33. The number of piperidine rings is 1. The highest BCUT2D eigenvalue weighted by Gasteiger charge is 2.45. The molecule has 2 atom stereocenters. The third-order valence-corrected chi connectivity index (χ3v) is 3.79. The van der Waals surface area contributed by atoms with Crippen molar-refractivity contribution >= 4 is 6.09 Å². The smallest absolute Gasteiger partial charge is 0.410 e. The Hall–Kier alpha value is -1.76. The van der Waals surface area contributed by atoms with Gasteiger partial charge < -0.3 is 15.0 Å². The predicted octanol–water partition coefficient (Wildman–Crippen LogP) is 2.80. The molecule has 1 fully saturated rings. The summed E-state index contributed by atoms with van der Waals surface area (Å²) in [4.78, 5) is 13.1. The van der Waals surface area contributed by atoms with Crippen molar-refractivity contribution in [2.75, 3.05) is 20.1 Å². The van der Waals surface area contributed by atoms with Gasteiger partial charge >= 0.3 is 12.3 Å². The second-order valence-corrected chi connectivity index (χ2v) is 5.41. The number of likely N-dealkylation sites (tertiary alicyclic amines) is 1.